The van der Waals surface area contributed by atoms with E-state index in [0.717, 1.165) is 28.2 Å². The van der Waals surface area contributed by atoms with Crippen molar-refractivity contribution in [2.75, 3.05) is 26.1 Å². The first-order valence-corrected chi connectivity index (χ1v) is 15.3. The van der Waals surface area contributed by atoms with Crippen LogP contribution in [0.4, 0.5) is 10.2 Å². The normalized spacial score (nSPS) is 17.5. The van der Waals surface area contributed by atoms with Gasteiger partial charge in [0.05, 0.1) is 31.3 Å². The van der Waals surface area contributed by atoms with Gasteiger partial charge in [0, 0.05) is 32.3 Å². The third-order valence-electron chi connectivity index (χ3n) is 6.12. The molecular weight excluding hydrogens is 469 g/mol. The SMILES string of the molecule is COc1ncnc(OC)c1-c1c(C)c2cnc(NC(=O)[C@@H]3C[C@@H]3F)cc2n1COCC[Si](C)(C)C. The van der Waals surface area contributed by atoms with E-state index in [0.29, 0.717) is 29.7 Å². The molecule has 1 aliphatic carbocycles. The Morgan fingerprint density at radius 3 is 2.43 bits per heavy atom. The summed E-state index contributed by atoms with van der Waals surface area (Å²) in [5, 5.41) is 3.61. The maximum absolute atomic E-state index is 13.4. The number of rotatable bonds is 10. The molecule has 0 bridgehead atoms. The van der Waals surface area contributed by atoms with Crippen molar-refractivity contribution < 1.29 is 23.4 Å². The average molecular weight is 502 g/mol. The van der Waals surface area contributed by atoms with E-state index in [9.17, 15) is 9.18 Å². The zero-order valence-corrected chi connectivity index (χ0v) is 22.0. The predicted octanol–water partition coefficient (Wildman–Crippen LogP) is 4.43. The lowest BCUT2D eigenvalue weighted by atomic mass is 10.1. The number of anilines is 1. The molecule has 1 saturated carbocycles. The molecule has 4 rings (SSSR count). The fourth-order valence-electron chi connectivity index (χ4n) is 3.99. The highest BCUT2D eigenvalue weighted by Crippen LogP contribution is 2.42. The number of aryl methyl sites for hydroxylation is 1. The first kappa shape index (κ1) is 25.1. The first-order chi connectivity index (χ1) is 16.6. The molecule has 1 N–H and O–H groups in total. The zero-order chi connectivity index (χ0) is 25.3. The number of pyridine rings is 1. The number of carbonyl (C=O) groups is 1. The first-order valence-electron chi connectivity index (χ1n) is 11.6. The van der Waals surface area contributed by atoms with Gasteiger partial charge in [0.15, 0.2) is 0 Å². The number of methoxy groups -OCH3 is 2. The third-order valence-corrected chi connectivity index (χ3v) is 7.82. The van der Waals surface area contributed by atoms with E-state index in [4.69, 9.17) is 14.2 Å². The summed E-state index contributed by atoms with van der Waals surface area (Å²) in [7, 11) is 1.82. The molecule has 3 heterocycles. The fourth-order valence-corrected chi connectivity index (χ4v) is 4.74. The maximum Gasteiger partial charge on any atom is 0.231 e. The van der Waals surface area contributed by atoms with Crippen LogP contribution in [-0.2, 0) is 16.3 Å². The number of alkyl halides is 1. The largest absolute Gasteiger partial charge is 0.480 e. The molecule has 11 heteroatoms. The zero-order valence-electron chi connectivity index (χ0n) is 21.0. The number of nitrogens with zero attached hydrogens (tertiary/aromatic N) is 4. The van der Waals surface area contributed by atoms with E-state index in [2.05, 4.69) is 39.9 Å². The summed E-state index contributed by atoms with van der Waals surface area (Å²) in [5.74, 6) is 0.143. The van der Waals surface area contributed by atoms with Gasteiger partial charge in [0.25, 0.3) is 0 Å². The molecular formula is C24H32FN5O4Si. The molecule has 9 nitrogen and oxygen atoms in total. The van der Waals surface area contributed by atoms with Crippen LogP contribution >= 0.6 is 0 Å². The summed E-state index contributed by atoms with van der Waals surface area (Å²) in [6, 6.07) is 2.81. The molecule has 1 fully saturated rings. The number of hydrogen-bond acceptors (Lipinski definition) is 7. The molecule has 188 valence electrons. The number of carbonyl (C=O) groups excluding carboxylic acids is 1. The van der Waals surface area contributed by atoms with Crippen molar-refractivity contribution in [1.82, 2.24) is 19.5 Å². The van der Waals surface area contributed by atoms with Crippen LogP contribution < -0.4 is 14.8 Å². The van der Waals surface area contributed by atoms with Gasteiger partial charge in [-0.1, -0.05) is 19.6 Å². The summed E-state index contributed by atoms with van der Waals surface area (Å²) in [6.07, 6.45) is 2.27. The number of hydrogen-bond donors (Lipinski definition) is 1. The quantitative estimate of drug-likeness (QED) is 0.324. The number of amides is 1. The molecule has 0 aliphatic heterocycles. The summed E-state index contributed by atoms with van der Waals surface area (Å²) in [4.78, 5) is 25.3. The third kappa shape index (κ3) is 5.30. The molecule has 1 amide bonds. The van der Waals surface area contributed by atoms with E-state index in [-0.39, 0.29) is 19.1 Å². The van der Waals surface area contributed by atoms with E-state index in [1.807, 2.05) is 11.5 Å². The molecule has 3 aromatic rings. The standard InChI is InChI=1S/C24H32FN5O4Si/c1-14-16-11-26-19(29-22(31)15-9-17(15)25)10-18(16)30(13-34-7-8-35(4,5)6)21(14)20-23(32-2)27-12-28-24(20)33-3/h10-12,15,17H,7-9,13H2,1-6H3,(H,26,29,31)/t15-,17+/m1/s1. The molecule has 2 atom stereocenters. The van der Waals surface area contributed by atoms with Gasteiger partial charge in [-0.3, -0.25) is 4.79 Å². The van der Waals surface area contributed by atoms with Crippen molar-refractivity contribution in [2.24, 2.45) is 5.92 Å². The number of fused-ring (bicyclic) bond motifs is 1. The summed E-state index contributed by atoms with van der Waals surface area (Å²) >= 11 is 0. The topological polar surface area (TPSA) is 100 Å². The molecule has 1 aliphatic rings. The molecule has 0 spiro atoms. The van der Waals surface area contributed by atoms with Crippen LogP contribution in [0.2, 0.25) is 25.7 Å². The Labute approximate surface area is 205 Å². The van der Waals surface area contributed by atoms with Crippen molar-refractivity contribution >= 4 is 30.7 Å². The number of ether oxygens (including phenoxy) is 3. The second-order valence-corrected chi connectivity index (χ2v) is 15.6. The average Bonchev–Trinajstić information content (AvgIpc) is 3.49. The Hall–Kier alpha value is -3.05. The van der Waals surface area contributed by atoms with Gasteiger partial charge >= 0.3 is 0 Å². The van der Waals surface area contributed by atoms with Crippen LogP contribution in [-0.4, -0.2) is 60.5 Å². The molecule has 35 heavy (non-hydrogen) atoms. The maximum atomic E-state index is 13.4. The minimum absolute atomic E-state index is 0.256. The van der Waals surface area contributed by atoms with Crippen molar-refractivity contribution in [2.45, 2.75) is 51.9 Å². The minimum atomic E-state index is -1.27. The van der Waals surface area contributed by atoms with Gasteiger partial charge in [-0.15, -0.1) is 0 Å². The number of aromatic nitrogens is 4. The van der Waals surface area contributed by atoms with Crippen molar-refractivity contribution in [1.29, 1.82) is 0 Å². The fraction of sp³-hybridized carbons (Fsp3) is 0.500. The van der Waals surface area contributed by atoms with Gasteiger partial charge in [-0.2, -0.15) is 0 Å². The second kappa shape index (κ2) is 9.90. The minimum Gasteiger partial charge on any atom is -0.480 e. The summed E-state index contributed by atoms with van der Waals surface area (Å²) in [6.45, 7) is 9.77. The van der Waals surface area contributed by atoms with Gasteiger partial charge < -0.3 is 24.1 Å². The highest BCUT2D eigenvalue weighted by molar-refractivity contribution is 6.76. The lowest BCUT2D eigenvalue weighted by molar-refractivity contribution is -0.117. The van der Waals surface area contributed by atoms with Crippen LogP contribution in [0.15, 0.2) is 18.6 Å². The van der Waals surface area contributed by atoms with E-state index in [1.54, 1.807) is 26.5 Å². The molecule has 0 aromatic carbocycles. The highest BCUT2D eigenvalue weighted by atomic mass is 28.3. The van der Waals surface area contributed by atoms with Gasteiger partial charge in [0.1, 0.15) is 30.6 Å². The van der Waals surface area contributed by atoms with Crippen molar-refractivity contribution in [3.05, 3.63) is 24.2 Å². The predicted molar refractivity (Wildman–Crippen MR) is 134 cm³/mol. The van der Waals surface area contributed by atoms with E-state index < -0.39 is 20.2 Å². The van der Waals surface area contributed by atoms with Gasteiger partial charge in [-0.25, -0.2) is 19.3 Å². The Morgan fingerprint density at radius 2 is 1.86 bits per heavy atom. The lowest BCUT2D eigenvalue weighted by Crippen LogP contribution is -2.22. The summed E-state index contributed by atoms with van der Waals surface area (Å²) < 4.78 is 32.6. The highest BCUT2D eigenvalue weighted by Gasteiger charge is 2.43. The molecule has 0 radical (unpaired) electrons. The van der Waals surface area contributed by atoms with Crippen molar-refractivity contribution in [3.8, 4) is 23.0 Å². The second-order valence-electron chi connectivity index (χ2n) is 9.95. The van der Waals surface area contributed by atoms with Crippen molar-refractivity contribution in [3.63, 3.8) is 0 Å². The smallest absolute Gasteiger partial charge is 0.231 e. The number of nitrogens with one attached hydrogen (secondary N) is 1. The Balaban J connectivity index is 1.80. The van der Waals surface area contributed by atoms with E-state index in [1.165, 1.54) is 6.33 Å². The monoisotopic (exact) mass is 501 g/mol. The van der Waals surface area contributed by atoms with Crippen LogP contribution in [0, 0.1) is 12.8 Å². The van der Waals surface area contributed by atoms with Crippen LogP contribution in [0.5, 0.6) is 11.8 Å². The van der Waals surface area contributed by atoms with E-state index >= 15 is 0 Å². The summed E-state index contributed by atoms with van der Waals surface area (Å²) in [5.41, 5.74) is 3.09. The van der Waals surface area contributed by atoms with Crippen LogP contribution in [0.1, 0.15) is 12.0 Å². The van der Waals surface area contributed by atoms with Gasteiger partial charge in [-0.05, 0) is 25.0 Å². The van der Waals surface area contributed by atoms with Crippen LogP contribution in [0.25, 0.3) is 22.2 Å². The van der Waals surface area contributed by atoms with Crippen LogP contribution in [0.3, 0.4) is 0 Å². The Bertz CT molecular complexity index is 1220. The lowest BCUT2D eigenvalue weighted by Gasteiger charge is -2.18. The number of halogens is 1. The molecule has 3 aromatic heterocycles. The molecule has 0 unspecified atom stereocenters. The Kier molecular flexibility index (Phi) is 7.09. The Morgan fingerprint density at radius 1 is 1.20 bits per heavy atom. The molecule has 0 saturated heterocycles. The van der Waals surface area contributed by atoms with Gasteiger partial charge in [0.2, 0.25) is 17.7 Å².